The Morgan fingerprint density at radius 3 is 2.61 bits per heavy atom. The van der Waals surface area contributed by atoms with Gasteiger partial charge < -0.3 is 25.0 Å². The van der Waals surface area contributed by atoms with E-state index in [1.165, 1.54) is 11.1 Å². The second-order valence-electron chi connectivity index (χ2n) is 10.9. The fraction of sp³-hybridized carbons (Fsp3) is 0.633. The minimum absolute atomic E-state index is 0.0302. The van der Waals surface area contributed by atoms with Crippen molar-refractivity contribution in [2.24, 2.45) is 11.8 Å². The molecule has 2 aliphatic heterocycles. The summed E-state index contributed by atoms with van der Waals surface area (Å²) in [6, 6.07) is 0. The van der Waals surface area contributed by atoms with Gasteiger partial charge >= 0.3 is 0 Å². The lowest BCUT2D eigenvalue weighted by molar-refractivity contribution is -0.285. The van der Waals surface area contributed by atoms with Gasteiger partial charge in [-0.1, -0.05) is 67.5 Å². The second kappa shape index (κ2) is 14.7. The number of hydrogen-bond donors (Lipinski definition) is 3. The standard InChI is InChI=1S/C30H47NO5/c1-21-12-8-7-9-13-23(3)20-31-27(32)15-11-10-14-24(4)26(17-16-22(2)18-21)36-28-19-30(6,34)29(33)25(5)35-28/h7-8,10-12,14-16,23-26,28-29,33-34H,9,13,17-20H2,1-6H3,(H,31,32). The van der Waals surface area contributed by atoms with Gasteiger partial charge in [-0.25, -0.2) is 0 Å². The molecule has 202 valence electrons. The first-order chi connectivity index (χ1) is 17.0. The van der Waals surface area contributed by atoms with Gasteiger partial charge in [-0.2, -0.15) is 0 Å². The molecule has 1 fully saturated rings. The number of carbonyl (C=O) groups excluding carboxylic acids is 1. The summed E-state index contributed by atoms with van der Waals surface area (Å²) < 4.78 is 12.2. The third-order valence-electron chi connectivity index (χ3n) is 6.94. The SMILES string of the molecule is CC1=CC=CCCC(C)CNC(=O)C=CC=CC(C)C(OC2CC(C)(O)C(O)C(C)O2)CC=C(C)C1. The molecule has 0 aromatic rings. The summed E-state index contributed by atoms with van der Waals surface area (Å²) >= 11 is 0. The second-order valence-corrected chi connectivity index (χ2v) is 10.9. The molecule has 1 amide bonds. The molecule has 0 spiro atoms. The lowest BCUT2D eigenvalue weighted by Crippen LogP contribution is -2.55. The highest BCUT2D eigenvalue weighted by Gasteiger charge is 2.44. The van der Waals surface area contributed by atoms with E-state index in [1.807, 2.05) is 12.2 Å². The average molecular weight is 502 g/mol. The molecule has 0 aromatic heterocycles. The van der Waals surface area contributed by atoms with E-state index in [0.29, 0.717) is 18.9 Å². The van der Waals surface area contributed by atoms with Gasteiger partial charge in [-0.3, -0.25) is 4.79 Å². The molecule has 7 atom stereocenters. The summed E-state index contributed by atoms with van der Waals surface area (Å²) in [4.78, 5) is 12.2. The van der Waals surface area contributed by atoms with Crippen LogP contribution in [-0.4, -0.2) is 52.9 Å². The summed E-state index contributed by atoms with van der Waals surface area (Å²) in [6.07, 6.45) is 17.4. The zero-order chi connectivity index (χ0) is 26.7. The van der Waals surface area contributed by atoms with E-state index in [2.05, 4.69) is 57.3 Å². The van der Waals surface area contributed by atoms with Gasteiger partial charge in [0.05, 0.1) is 17.8 Å². The van der Waals surface area contributed by atoms with Crippen molar-refractivity contribution in [2.75, 3.05) is 6.54 Å². The van der Waals surface area contributed by atoms with Gasteiger partial charge in [-0.05, 0) is 59.3 Å². The summed E-state index contributed by atoms with van der Waals surface area (Å²) in [5.74, 6) is 0.343. The molecule has 7 unspecified atom stereocenters. The first-order valence-electron chi connectivity index (χ1n) is 13.3. The third-order valence-corrected chi connectivity index (χ3v) is 6.94. The van der Waals surface area contributed by atoms with E-state index in [0.717, 1.165) is 19.3 Å². The fourth-order valence-corrected chi connectivity index (χ4v) is 4.53. The molecule has 0 saturated carbocycles. The molecule has 2 heterocycles. The molecule has 36 heavy (non-hydrogen) atoms. The van der Waals surface area contributed by atoms with Gasteiger partial charge in [0.1, 0.15) is 6.10 Å². The highest BCUT2D eigenvalue weighted by atomic mass is 16.7. The van der Waals surface area contributed by atoms with E-state index in [1.54, 1.807) is 26.0 Å². The van der Waals surface area contributed by atoms with Crippen molar-refractivity contribution in [1.82, 2.24) is 5.32 Å². The number of allylic oxidation sites excluding steroid dienone is 7. The summed E-state index contributed by atoms with van der Waals surface area (Å²) in [5.41, 5.74) is 1.28. The van der Waals surface area contributed by atoms with Crippen molar-refractivity contribution in [2.45, 2.75) is 104 Å². The maximum atomic E-state index is 12.2. The van der Waals surface area contributed by atoms with Crippen molar-refractivity contribution in [1.29, 1.82) is 0 Å². The van der Waals surface area contributed by atoms with Crippen LogP contribution in [0.3, 0.4) is 0 Å². The normalized spacial score (nSPS) is 36.1. The Balaban J connectivity index is 2.20. The van der Waals surface area contributed by atoms with Gasteiger partial charge in [0.25, 0.3) is 0 Å². The first kappa shape index (κ1) is 30.2. The van der Waals surface area contributed by atoms with Crippen molar-refractivity contribution >= 4 is 5.91 Å². The number of rotatable bonds is 2. The Labute approximate surface area is 217 Å². The predicted molar refractivity (Wildman–Crippen MR) is 145 cm³/mol. The molecule has 0 aliphatic carbocycles. The van der Waals surface area contributed by atoms with Crippen LogP contribution in [0.15, 0.2) is 59.8 Å². The average Bonchev–Trinajstić information content (AvgIpc) is 2.80. The number of carbonyl (C=O) groups is 1. The Morgan fingerprint density at radius 1 is 1.14 bits per heavy atom. The van der Waals surface area contributed by atoms with Crippen LogP contribution in [0, 0.1) is 11.8 Å². The number of ether oxygens (including phenoxy) is 2. The summed E-state index contributed by atoms with van der Waals surface area (Å²) in [5, 5.41) is 23.9. The minimum Gasteiger partial charge on any atom is -0.387 e. The Bertz CT molecular complexity index is 853. The predicted octanol–water partition coefficient (Wildman–Crippen LogP) is 5.14. The van der Waals surface area contributed by atoms with E-state index in [9.17, 15) is 15.0 Å². The molecular formula is C30H47NO5. The van der Waals surface area contributed by atoms with Gasteiger partial charge in [0.15, 0.2) is 6.29 Å². The minimum atomic E-state index is -1.27. The van der Waals surface area contributed by atoms with Gasteiger partial charge in [0.2, 0.25) is 5.91 Å². The largest absolute Gasteiger partial charge is 0.387 e. The van der Waals surface area contributed by atoms with Gasteiger partial charge in [-0.15, -0.1) is 0 Å². The molecule has 2 rings (SSSR count). The van der Waals surface area contributed by atoms with Crippen LogP contribution >= 0.6 is 0 Å². The highest BCUT2D eigenvalue weighted by Crippen LogP contribution is 2.31. The highest BCUT2D eigenvalue weighted by molar-refractivity contribution is 5.87. The van der Waals surface area contributed by atoms with Crippen LogP contribution in [0.2, 0.25) is 0 Å². The van der Waals surface area contributed by atoms with Crippen LogP contribution in [0.4, 0.5) is 0 Å². The number of aliphatic hydroxyl groups is 2. The van der Waals surface area contributed by atoms with Crippen LogP contribution in [-0.2, 0) is 14.3 Å². The Morgan fingerprint density at radius 2 is 1.89 bits per heavy atom. The zero-order valence-corrected chi connectivity index (χ0v) is 22.9. The summed E-state index contributed by atoms with van der Waals surface area (Å²) in [6.45, 7) is 12.5. The van der Waals surface area contributed by atoms with Crippen LogP contribution in [0.5, 0.6) is 0 Å². The fourth-order valence-electron chi connectivity index (χ4n) is 4.53. The molecular weight excluding hydrogens is 454 g/mol. The molecule has 0 radical (unpaired) electrons. The van der Waals surface area contributed by atoms with Crippen molar-refractivity contribution < 1.29 is 24.5 Å². The monoisotopic (exact) mass is 501 g/mol. The van der Waals surface area contributed by atoms with Crippen molar-refractivity contribution in [3.8, 4) is 0 Å². The van der Waals surface area contributed by atoms with E-state index < -0.39 is 24.1 Å². The first-order valence-corrected chi connectivity index (χ1v) is 13.3. The Hall–Kier alpha value is -1.99. The van der Waals surface area contributed by atoms with Crippen molar-refractivity contribution in [3.63, 3.8) is 0 Å². The quantitative estimate of drug-likeness (QED) is 0.456. The maximum Gasteiger partial charge on any atom is 0.243 e. The van der Waals surface area contributed by atoms with E-state index in [-0.39, 0.29) is 24.3 Å². The topological polar surface area (TPSA) is 88.0 Å². The van der Waals surface area contributed by atoms with E-state index >= 15 is 0 Å². The van der Waals surface area contributed by atoms with Crippen LogP contribution in [0.1, 0.15) is 73.6 Å². The van der Waals surface area contributed by atoms with Crippen molar-refractivity contribution in [3.05, 3.63) is 59.8 Å². The molecule has 2 aliphatic rings. The van der Waals surface area contributed by atoms with Gasteiger partial charge in [0, 0.05) is 25.0 Å². The zero-order valence-electron chi connectivity index (χ0n) is 22.9. The number of nitrogens with one attached hydrogen (secondary N) is 1. The lowest BCUT2D eigenvalue weighted by Gasteiger charge is -2.43. The molecule has 0 aromatic carbocycles. The lowest BCUT2D eigenvalue weighted by atomic mass is 9.89. The number of amides is 1. The molecule has 1 saturated heterocycles. The number of hydrogen-bond acceptors (Lipinski definition) is 5. The number of aliphatic hydroxyl groups excluding tert-OH is 1. The van der Waals surface area contributed by atoms with Crippen LogP contribution in [0.25, 0.3) is 0 Å². The molecule has 0 bridgehead atoms. The molecule has 3 N–H and O–H groups in total. The Kier molecular flexibility index (Phi) is 12.3. The van der Waals surface area contributed by atoms with Crippen LogP contribution < -0.4 is 5.32 Å². The third kappa shape index (κ3) is 10.6. The molecule has 6 heteroatoms. The molecule has 6 nitrogen and oxygen atoms in total. The smallest absolute Gasteiger partial charge is 0.243 e. The van der Waals surface area contributed by atoms with E-state index in [4.69, 9.17) is 9.47 Å². The maximum absolute atomic E-state index is 12.2. The summed E-state index contributed by atoms with van der Waals surface area (Å²) in [7, 11) is 0.